The number of benzene rings is 6. The van der Waals surface area contributed by atoms with Crippen molar-refractivity contribution in [3.8, 4) is 67.0 Å². The predicted octanol–water partition coefficient (Wildman–Crippen LogP) is 16.7. The third-order valence-corrected chi connectivity index (χ3v) is 13.6. The average molecular weight is 953 g/mol. The van der Waals surface area contributed by atoms with Gasteiger partial charge in [-0.3, -0.25) is 29.9 Å². The number of hydrogen-bond donors (Lipinski definition) is 0. The summed E-state index contributed by atoms with van der Waals surface area (Å²) in [5, 5.41) is 0. The van der Waals surface area contributed by atoms with Crippen LogP contribution in [0.15, 0.2) is 234 Å². The molecule has 6 heteroatoms. The summed E-state index contributed by atoms with van der Waals surface area (Å²) in [6.45, 7) is 13.1. The first-order valence-corrected chi connectivity index (χ1v) is 25.6. The van der Waals surface area contributed by atoms with Crippen LogP contribution in [-0.4, -0.2) is 50.2 Å². The molecule has 3 aromatic heterocycles. The van der Waals surface area contributed by atoms with Crippen molar-refractivity contribution in [2.24, 2.45) is 20.9 Å². The van der Waals surface area contributed by atoms with Gasteiger partial charge in [0, 0.05) is 81.5 Å². The van der Waals surface area contributed by atoms with Crippen LogP contribution in [0.1, 0.15) is 77.6 Å². The maximum absolute atomic E-state index is 5.45. The second-order valence-electron chi connectivity index (χ2n) is 19.3. The van der Waals surface area contributed by atoms with Crippen LogP contribution in [0.2, 0.25) is 0 Å². The van der Waals surface area contributed by atoms with E-state index in [1.807, 2.05) is 36.8 Å². The predicted molar refractivity (Wildman–Crippen MR) is 308 cm³/mol. The minimum Gasteiger partial charge on any atom is -0.286 e. The Kier molecular flexibility index (Phi) is 16.2. The van der Waals surface area contributed by atoms with E-state index < -0.39 is 0 Å². The first-order chi connectivity index (χ1) is 35.7. The molecule has 0 fully saturated rings. The fraction of sp³-hybridized carbons (Fsp3) is 0.194. The normalized spacial score (nSPS) is 13.8. The molecule has 0 bridgehead atoms. The van der Waals surface area contributed by atoms with Crippen LogP contribution in [0, 0.1) is 5.92 Å². The summed E-state index contributed by atoms with van der Waals surface area (Å²) < 4.78 is 0. The summed E-state index contributed by atoms with van der Waals surface area (Å²) in [6.07, 6.45) is 8.59. The van der Waals surface area contributed by atoms with Crippen molar-refractivity contribution in [1.82, 2.24) is 15.0 Å². The van der Waals surface area contributed by atoms with Crippen molar-refractivity contribution in [1.29, 1.82) is 0 Å². The van der Waals surface area contributed by atoms with Crippen molar-refractivity contribution in [2.75, 3.05) is 0 Å². The molecule has 0 aliphatic heterocycles. The molecule has 3 heterocycles. The fourth-order valence-electron chi connectivity index (χ4n) is 10.2. The molecule has 9 aromatic rings. The van der Waals surface area contributed by atoms with Crippen LogP contribution < -0.4 is 0 Å². The summed E-state index contributed by atoms with van der Waals surface area (Å²) >= 11 is 0. The van der Waals surface area contributed by atoms with Gasteiger partial charge in [0.15, 0.2) is 0 Å². The maximum Gasteiger partial charge on any atom is 0.0915 e. The average Bonchev–Trinajstić information content (AvgIpc) is 3.43. The van der Waals surface area contributed by atoms with Gasteiger partial charge in [-0.25, -0.2) is 0 Å². The zero-order valence-corrected chi connectivity index (χ0v) is 42.9. The van der Waals surface area contributed by atoms with Gasteiger partial charge in [-0.15, -0.1) is 0 Å². The third kappa shape index (κ3) is 12.6. The minimum atomic E-state index is 0.0117. The molecule has 6 nitrogen and oxygen atoms in total. The van der Waals surface area contributed by atoms with Crippen LogP contribution in [-0.2, 0) is 0 Å². The molecular weight excluding hydrogens is 889 g/mol. The zero-order chi connectivity index (χ0) is 50.5. The van der Waals surface area contributed by atoms with Crippen molar-refractivity contribution in [3.05, 3.63) is 236 Å². The standard InChI is InChI=1S/C67H64N6/c1-46(71-49(4)63-44-68-65(57-33-21-11-22-34-57)41-60(63)54-27-15-8-16-28-54)37-52(38-47(2)72-50(5)64-45-69-66(58-35-23-12-24-36-58)42-61(64)55-29-17-9-18-30-55)39-48(3)73-51(6)67-62(56-31-19-10-20-32-56)40-59(43-70-67)53-25-13-7-14-26-53/h7-36,40-48,52H,37-39H2,1-6H3. The van der Waals surface area contributed by atoms with E-state index in [-0.39, 0.29) is 24.0 Å². The van der Waals surface area contributed by atoms with Crippen LogP contribution in [0.3, 0.4) is 0 Å². The smallest absolute Gasteiger partial charge is 0.0915 e. The summed E-state index contributed by atoms with van der Waals surface area (Å²) in [6, 6.07) is 69.6. The summed E-state index contributed by atoms with van der Waals surface area (Å²) in [5.74, 6) is 0.256. The molecule has 0 spiro atoms. The Morgan fingerprint density at radius 2 is 0.671 bits per heavy atom. The number of hydrogen-bond acceptors (Lipinski definition) is 6. The van der Waals surface area contributed by atoms with E-state index in [0.29, 0.717) is 0 Å². The fourth-order valence-corrected chi connectivity index (χ4v) is 10.2. The second-order valence-corrected chi connectivity index (χ2v) is 19.3. The molecule has 0 radical (unpaired) electrons. The van der Waals surface area contributed by atoms with E-state index in [1.54, 1.807) is 0 Å². The number of aliphatic imine (C=N–C) groups is 3. The summed E-state index contributed by atoms with van der Waals surface area (Å²) in [4.78, 5) is 31.4. The highest BCUT2D eigenvalue weighted by molar-refractivity contribution is 6.06. The molecule has 362 valence electrons. The minimum absolute atomic E-state index is 0.0117. The highest BCUT2D eigenvalue weighted by Gasteiger charge is 2.22. The first kappa shape index (κ1) is 49.7. The molecule has 3 unspecified atom stereocenters. The lowest BCUT2D eigenvalue weighted by atomic mass is 9.88. The number of rotatable bonds is 18. The van der Waals surface area contributed by atoms with Crippen molar-refractivity contribution < 1.29 is 0 Å². The maximum atomic E-state index is 5.45. The second kappa shape index (κ2) is 23.8. The monoisotopic (exact) mass is 953 g/mol. The van der Waals surface area contributed by atoms with E-state index in [9.17, 15) is 0 Å². The summed E-state index contributed by atoms with van der Waals surface area (Å²) in [5.41, 5.74) is 18.8. The number of pyridine rings is 3. The zero-order valence-electron chi connectivity index (χ0n) is 42.9. The van der Waals surface area contributed by atoms with Gasteiger partial charge < -0.3 is 0 Å². The Bertz CT molecular complexity index is 2960. The molecule has 0 aliphatic carbocycles. The Hall–Kier alpha value is -8.22. The van der Waals surface area contributed by atoms with Gasteiger partial charge in [0.2, 0.25) is 0 Å². The molecule has 3 atom stereocenters. The van der Waals surface area contributed by atoms with Gasteiger partial charge in [0.1, 0.15) is 0 Å². The first-order valence-electron chi connectivity index (χ1n) is 25.6. The van der Waals surface area contributed by atoms with Crippen molar-refractivity contribution in [3.63, 3.8) is 0 Å². The van der Waals surface area contributed by atoms with E-state index in [4.69, 9.17) is 29.9 Å². The topological polar surface area (TPSA) is 75.8 Å². The molecule has 0 aliphatic rings. The van der Waals surface area contributed by atoms with E-state index in [0.717, 1.165) is 120 Å². The highest BCUT2D eigenvalue weighted by atomic mass is 14.8. The largest absolute Gasteiger partial charge is 0.286 e. The molecule has 9 rings (SSSR count). The van der Waals surface area contributed by atoms with Crippen LogP contribution in [0.5, 0.6) is 0 Å². The summed E-state index contributed by atoms with van der Waals surface area (Å²) in [7, 11) is 0. The van der Waals surface area contributed by atoms with Crippen LogP contribution in [0.4, 0.5) is 0 Å². The SMILES string of the molecule is CC(=NC(C)CC(CC(C)N=C(C)c1cnc(-c2ccccc2)cc1-c1ccccc1)CC(C)N=C(C)c1ncc(-c2ccccc2)cc1-c1ccccc1)c1cnc(-c2ccccc2)cc1-c1ccccc1. The van der Waals surface area contributed by atoms with Gasteiger partial charge in [0.05, 0.1) is 22.8 Å². The van der Waals surface area contributed by atoms with E-state index in [2.05, 4.69) is 224 Å². The van der Waals surface area contributed by atoms with Crippen molar-refractivity contribution in [2.45, 2.75) is 78.9 Å². The quantitative estimate of drug-likeness (QED) is 0.0804. The van der Waals surface area contributed by atoms with Gasteiger partial charge in [-0.1, -0.05) is 182 Å². The number of aromatic nitrogens is 3. The molecule has 0 saturated heterocycles. The van der Waals surface area contributed by atoms with E-state index in [1.165, 1.54) is 0 Å². The van der Waals surface area contributed by atoms with Gasteiger partial charge in [0.25, 0.3) is 0 Å². The Morgan fingerprint density at radius 1 is 0.342 bits per heavy atom. The Labute approximate surface area is 432 Å². The molecule has 0 amide bonds. The number of nitrogens with zero attached hydrogens (tertiary/aromatic N) is 6. The lowest BCUT2D eigenvalue weighted by Gasteiger charge is -2.24. The molecule has 73 heavy (non-hydrogen) atoms. The van der Waals surface area contributed by atoms with Crippen LogP contribution in [0.25, 0.3) is 67.0 Å². The van der Waals surface area contributed by atoms with Crippen molar-refractivity contribution >= 4 is 17.1 Å². The lowest BCUT2D eigenvalue weighted by molar-refractivity contribution is 0.351. The van der Waals surface area contributed by atoms with Crippen LogP contribution >= 0.6 is 0 Å². The van der Waals surface area contributed by atoms with Gasteiger partial charge in [-0.2, -0.15) is 0 Å². The Morgan fingerprint density at radius 3 is 1.05 bits per heavy atom. The molecule has 0 N–H and O–H groups in total. The highest BCUT2D eigenvalue weighted by Crippen LogP contribution is 2.33. The molecule has 6 aromatic carbocycles. The Balaban J connectivity index is 1.03. The lowest BCUT2D eigenvalue weighted by Crippen LogP contribution is -2.20. The van der Waals surface area contributed by atoms with E-state index >= 15 is 0 Å². The van der Waals surface area contributed by atoms with Gasteiger partial charge in [-0.05, 0) is 118 Å². The third-order valence-electron chi connectivity index (χ3n) is 13.6. The molecular formula is C67H64N6. The van der Waals surface area contributed by atoms with Gasteiger partial charge >= 0.3 is 0 Å². The molecule has 0 saturated carbocycles.